The van der Waals surface area contributed by atoms with Gasteiger partial charge in [-0.25, -0.2) is 4.68 Å². The summed E-state index contributed by atoms with van der Waals surface area (Å²) in [5.41, 5.74) is 2.14. The molecule has 0 aliphatic carbocycles. The number of amides is 1. The molecule has 0 radical (unpaired) electrons. The van der Waals surface area contributed by atoms with Crippen molar-refractivity contribution >= 4 is 45.6 Å². The van der Waals surface area contributed by atoms with Crippen LogP contribution in [0.2, 0.25) is 0 Å². The highest BCUT2D eigenvalue weighted by molar-refractivity contribution is 8.02. The van der Waals surface area contributed by atoms with Gasteiger partial charge in [0.05, 0.1) is 17.5 Å². The van der Waals surface area contributed by atoms with Gasteiger partial charge in [-0.1, -0.05) is 42.2 Å². The van der Waals surface area contributed by atoms with E-state index in [9.17, 15) is 4.79 Å². The number of carbonyl (C=O) groups excluding carboxylic acids is 1. The number of hydrogen-bond acceptors (Lipinski definition) is 7. The van der Waals surface area contributed by atoms with Gasteiger partial charge in [0.2, 0.25) is 11.0 Å². The fraction of sp³-hybridized carbons (Fsp3) is 0.368. The minimum atomic E-state index is -0.306. The molecule has 1 amide bonds. The zero-order valence-corrected chi connectivity index (χ0v) is 18.0. The number of anilines is 3. The Labute approximate surface area is 173 Å². The number of benzene rings is 1. The van der Waals surface area contributed by atoms with E-state index >= 15 is 0 Å². The molecule has 2 atom stereocenters. The molecule has 0 spiro atoms. The first-order chi connectivity index (χ1) is 13.5. The second-order valence-electron chi connectivity index (χ2n) is 6.54. The van der Waals surface area contributed by atoms with E-state index in [0.29, 0.717) is 10.9 Å². The van der Waals surface area contributed by atoms with E-state index in [1.807, 2.05) is 48.9 Å². The number of aryl methyl sites for hydroxylation is 1. The maximum Gasteiger partial charge on any atom is 0.238 e. The van der Waals surface area contributed by atoms with Crippen LogP contribution in [0.15, 0.2) is 40.9 Å². The summed E-state index contributed by atoms with van der Waals surface area (Å²) in [4.78, 5) is 12.6. The molecule has 0 saturated carbocycles. The zero-order chi connectivity index (χ0) is 20.1. The Morgan fingerprint density at radius 1 is 1.29 bits per heavy atom. The van der Waals surface area contributed by atoms with E-state index in [4.69, 9.17) is 0 Å². The molecule has 0 saturated heterocycles. The van der Waals surface area contributed by atoms with Crippen LogP contribution in [0.3, 0.4) is 0 Å². The van der Waals surface area contributed by atoms with Crippen molar-refractivity contribution in [3.05, 3.63) is 42.1 Å². The largest absolute Gasteiger partial charge is 0.330 e. The van der Waals surface area contributed by atoms with Crippen LogP contribution in [0.5, 0.6) is 0 Å². The van der Waals surface area contributed by atoms with Crippen LogP contribution in [-0.2, 0) is 4.79 Å². The number of carbonyl (C=O) groups is 1. The molecule has 7 nitrogen and oxygen atoms in total. The maximum atomic E-state index is 12.6. The molecule has 0 aliphatic heterocycles. The molecule has 0 fully saturated rings. The van der Waals surface area contributed by atoms with Crippen LogP contribution < -0.4 is 10.6 Å². The summed E-state index contributed by atoms with van der Waals surface area (Å²) in [6, 6.07) is 10.1. The molecular formula is C19H24N6OS2. The molecule has 2 heterocycles. The van der Waals surface area contributed by atoms with Crippen molar-refractivity contribution in [2.45, 2.75) is 49.7 Å². The van der Waals surface area contributed by atoms with Crippen LogP contribution >= 0.6 is 23.1 Å². The van der Waals surface area contributed by atoms with Gasteiger partial charge in [0, 0.05) is 11.8 Å². The van der Waals surface area contributed by atoms with E-state index < -0.39 is 0 Å². The molecule has 0 bridgehead atoms. The molecule has 3 rings (SSSR count). The quantitative estimate of drug-likeness (QED) is 0.509. The number of rotatable bonds is 8. The Morgan fingerprint density at radius 3 is 2.86 bits per heavy atom. The molecule has 0 aliphatic rings. The average Bonchev–Trinajstić information content (AvgIpc) is 3.30. The van der Waals surface area contributed by atoms with Crippen molar-refractivity contribution in [2.75, 3.05) is 10.6 Å². The lowest BCUT2D eigenvalue weighted by molar-refractivity contribution is -0.115. The minimum Gasteiger partial charge on any atom is -0.330 e. The van der Waals surface area contributed by atoms with Crippen LogP contribution in [0.4, 0.5) is 16.6 Å². The van der Waals surface area contributed by atoms with E-state index in [2.05, 4.69) is 39.8 Å². The van der Waals surface area contributed by atoms with Crippen molar-refractivity contribution in [1.82, 2.24) is 20.0 Å². The first kappa shape index (κ1) is 20.3. The van der Waals surface area contributed by atoms with Crippen LogP contribution in [-0.4, -0.2) is 31.1 Å². The van der Waals surface area contributed by atoms with Crippen LogP contribution in [0.1, 0.15) is 38.8 Å². The number of hydrogen-bond donors (Lipinski definition) is 2. The summed E-state index contributed by atoms with van der Waals surface area (Å²) in [5, 5.41) is 19.3. The van der Waals surface area contributed by atoms with E-state index in [1.165, 1.54) is 28.7 Å². The molecule has 2 N–H and O–H groups in total. The third kappa shape index (κ3) is 5.11. The van der Waals surface area contributed by atoms with Gasteiger partial charge in [-0.15, -0.1) is 10.2 Å². The molecular weight excluding hydrogens is 392 g/mol. The third-order valence-electron chi connectivity index (χ3n) is 4.25. The predicted molar refractivity (Wildman–Crippen MR) is 116 cm³/mol. The van der Waals surface area contributed by atoms with Gasteiger partial charge in [0.15, 0.2) is 4.34 Å². The van der Waals surface area contributed by atoms with Gasteiger partial charge >= 0.3 is 0 Å². The SMILES string of the molecule is CC[C@H](C)n1nccc1NC(=O)[C@@H](C)Sc1nnc(Nc2cccc(C)c2)s1. The van der Waals surface area contributed by atoms with Crippen molar-refractivity contribution in [3.8, 4) is 0 Å². The Morgan fingerprint density at radius 2 is 2.11 bits per heavy atom. The predicted octanol–water partition coefficient (Wildman–Crippen LogP) is 4.88. The van der Waals surface area contributed by atoms with Crippen molar-refractivity contribution in [3.63, 3.8) is 0 Å². The fourth-order valence-corrected chi connectivity index (χ4v) is 4.44. The Balaban J connectivity index is 1.59. The number of aromatic nitrogens is 4. The molecule has 3 aromatic rings. The van der Waals surface area contributed by atoms with Crippen molar-refractivity contribution in [1.29, 1.82) is 0 Å². The lowest BCUT2D eigenvalue weighted by Crippen LogP contribution is -2.24. The van der Waals surface area contributed by atoms with Crippen LogP contribution in [0.25, 0.3) is 0 Å². The molecule has 1 aromatic carbocycles. The maximum absolute atomic E-state index is 12.6. The summed E-state index contributed by atoms with van der Waals surface area (Å²) >= 11 is 2.82. The topological polar surface area (TPSA) is 84.7 Å². The molecule has 148 valence electrons. The van der Waals surface area contributed by atoms with Gasteiger partial charge in [-0.05, 0) is 44.9 Å². The lowest BCUT2D eigenvalue weighted by atomic mass is 10.2. The Hall–Kier alpha value is -2.39. The van der Waals surface area contributed by atoms with Crippen LogP contribution in [0, 0.1) is 6.92 Å². The minimum absolute atomic E-state index is 0.0848. The smallest absolute Gasteiger partial charge is 0.238 e. The average molecular weight is 417 g/mol. The summed E-state index contributed by atoms with van der Waals surface area (Å²) in [5.74, 6) is 0.629. The summed E-state index contributed by atoms with van der Waals surface area (Å²) < 4.78 is 2.58. The second-order valence-corrected chi connectivity index (χ2v) is 9.10. The summed E-state index contributed by atoms with van der Waals surface area (Å²) in [6.07, 6.45) is 2.64. The Bertz CT molecular complexity index is 938. The van der Waals surface area contributed by atoms with Gasteiger partial charge in [-0.3, -0.25) is 4.79 Å². The molecule has 2 aromatic heterocycles. The first-order valence-corrected chi connectivity index (χ1v) is 10.8. The Kier molecular flexibility index (Phi) is 6.69. The zero-order valence-electron chi connectivity index (χ0n) is 16.3. The summed E-state index contributed by atoms with van der Waals surface area (Å²) in [7, 11) is 0. The van der Waals surface area contributed by atoms with E-state index in [1.54, 1.807) is 6.20 Å². The normalized spacial score (nSPS) is 13.1. The highest BCUT2D eigenvalue weighted by atomic mass is 32.2. The molecule has 28 heavy (non-hydrogen) atoms. The second kappa shape index (κ2) is 9.20. The van der Waals surface area contributed by atoms with Gasteiger partial charge < -0.3 is 10.6 Å². The monoisotopic (exact) mass is 416 g/mol. The highest BCUT2D eigenvalue weighted by Crippen LogP contribution is 2.31. The van der Waals surface area contributed by atoms with Gasteiger partial charge in [0.25, 0.3) is 0 Å². The van der Waals surface area contributed by atoms with Gasteiger partial charge in [0.1, 0.15) is 5.82 Å². The fourth-order valence-electron chi connectivity index (χ4n) is 2.52. The van der Waals surface area contributed by atoms with Gasteiger partial charge in [-0.2, -0.15) is 5.10 Å². The number of nitrogens with zero attached hydrogens (tertiary/aromatic N) is 4. The van der Waals surface area contributed by atoms with E-state index in [-0.39, 0.29) is 17.2 Å². The highest BCUT2D eigenvalue weighted by Gasteiger charge is 2.19. The van der Waals surface area contributed by atoms with Crippen molar-refractivity contribution in [2.24, 2.45) is 0 Å². The van der Waals surface area contributed by atoms with Crippen molar-refractivity contribution < 1.29 is 4.79 Å². The molecule has 9 heteroatoms. The standard InChI is InChI=1S/C19H24N6OS2/c1-5-13(3)25-16(9-10-20-25)22-17(26)14(4)27-19-24-23-18(28-19)21-15-8-6-7-12(2)11-15/h6-11,13-14H,5H2,1-4H3,(H,21,23)(H,22,26)/t13-,14+/m0/s1. The first-order valence-electron chi connectivity index (χ1n) is 9.14. The summed E-state index contributed by atoms with van der Waals surface area (Å²) in [6.45, 7) is 8.07. The molecule has 0 unspecified atom stereocenters. The third-order valence-corrected chi connectivity index (χ3v) is 6.28. The van der Waals surface area contributed by atoms with E-state index in [0.717, 1.165) is 16.4 Å². The number of nitrogens with one attached hydrogen (secondary N) is 2. The lowest BCUT2D eigenvalue weighted by Gasteiger charge is -2.15. The number of thioether (sulfide) groups is 1.